The van der Waals surface area contributed by atoms with Crippen LogP contribution >= 0.6 is 11.6 Å². The number of halogens is 1. The number of nitrogens with one attached hydrogen (secondary N) is 2. The van der Waals surface area contributed by atoms with Crippen molar-refractivity contribution in [2.75, 3.05) is 13.1 Å². The summed E-state index contributed by atoms with van der Waals surface area (Å²) in [6.45, 7) is 6.81. The Morgan fingerprint density at radius 3 is 2.43 bits per heavy atom. The highest BCUT2D eigenvalue weighted by molar-refractivity contribution is 7.89. The Bertz CT molecular complexity index is 1190. The number of benzene rings is 2. The number of H-pyrrole nitrogens is 1. The summed E-state index contributed by atoms with van der Waals surface area (Å²) in [7, 11) is -3.48. The summed E-state index contributed by atoms with van der Waals surface area (Å²) in [6.07, 6.45) is 0. The van der Waals surface area contributed by atoms with Crippen LogP contribution in [0.15, 0.2) is 52.2 Å². The lowest BCUT2D eigenvalue weighted by atomic mass is 10.1. The second-order valence-electron chi connectivity index (χ2n) is 6.94. The second-order valence-corrected chi connectivity index (χ2v) is 9.31. The van der Waals surface area contributed by atoms with Crippen molar-refractivity contribution in [2.24, 2.45) is 0 Å². The van der Waals surface area contributed by atoms with Gasteiger partial charge in [0.25, 0.3) is 5.56 Å². The Kier molecular flexibility index (Phi) is 6.92. The van der Waals surface area contributed by atoms with E-state index >= 15 is 0 Å². The Morgan fingerprint density at radius 2 is 1.80 bits per heavy atom. The Hall–Kier alpha value is -2.26. The lowest BCUT2D eigenvalue weighted by Gasteiger charge is -2.19. The van der Waals surface area contributed by atoms with Gasteiger partial charge < -0.3 is 10.3 Å². The van der Waals surface area contributed by atoms with Crippen LogP contribution in [0.25, 0.3) is 10.9 Å². The average Bonchev–Trinajstić information content (AvgIpc) is 2.72. The first-order valence-electron chi connectivity index (χ1n) is 9.78. The van der Waals surface area contributed by atoms with E-state index in [-0.39, 0.29) is 16.5 Å². The van der Waals surface area contributed by atoms with Crippen molar-refractivity contribution in [3.05, 3.63) is 69.2 Å². The van der Waals surface area contributed by atoms with Crippen LogP contribution in [0.5, 0.6) is 0 Å². The van der Waals surface area contributed by atoms with E-state index in [4.69, 9.17) is 11.6 Å². The number of aromatic amines is 1. The molecule has 0 amide bonds. The molecule has 9 heteroatoms. The third-order valence-electron chi connectivity index (χ3n) is 5.02. The third kappa shape index (κ3) is 4.73. The van der Waals surface area contributed by atoms with E-state index in [0.717, 1.165) is 5.56 Å². The number of hydrogen-bond acceptors (Lipinski definition) is 5. The SMILES string of the molecule is CCN(CC)S(=O)(=O)c1ccc(C(C)NCc2nc3cc(Cl)ccc3c(=O)[nH]2)cc1. The molecule has 0 aliphatic heterocycles. The van der Waals surface area contributed by atoms with Gasteiger partial charge in [-0.15, -0.1) is 0 Å². The van der Waals surface area contributed by atoms with E-state index in [9.17, 15) is 13.2 Å². The van der Waals surface area contributed by atoms with Crippen molar-refractivity contribution in [3.8, 4) is 0 Å². The highest BCUT2D eigenvalue weighted by Gasteiger charge is 2.21. The molecule has 7 nitrogen and oxygen atoms in total. The molecule has 2 aromatic carbocycles. The summed E-state index contributed by atoms with van der Waals surface area (Å²) in [6, 6.07) is 11.7. The number of aromatic nitrogens is 2. The van der Waals surface area contributed by atoms with E-state index in [1.165, 1.54) is 4.31 Å². The molecule has 1 unspecified atom stereocenters. The van der Waals surface area contributed by atoms with Gasteiger partial charge in [0.1, 0.15) is 5.82 Å². The third-order valence-corrected chi connectivity index (χ3v) is 7.32. The number of sulfonamides is 1. The molecule has 0 radical (unpaired) electrons. The van der Waals surface area contributed by atoms with Crippen molar-refractivity contribution >= 4 is 32.5 Å². The van der Waals surface area contributed by atoms with Gasteiger partial charge in [0.05, 0.1) is 22.3 Å². The molecule has 0 saturated heterocycles. The minimum absolute atomic E-state index is 0.0735. The summed E-state index contributed by atoms with van der Waals surface area (Å²) in [4.78, 5) is 19.7. The van der Waals surface area contributed by atoms with E-state index in [0.29, 0.717) is 41.4 Å². The smallest absolute Gasteiger partial charge is 0.258 e. The van der Waals surface area contributed by atoms with Crippen LogP contribution < -0.4 is 10.9 Å². The molecule has 0 aliphatic rings. The minimum atomic E-state index is -3.48. The summed E-state index contributed by atoms with van der Waals surface area (Å²) in [5.74, 6) is 0.502. The quantitative estimate of drug-likeness (QED) is 0.550. The molecule has 0 fully saturated rings. The Morgan fingerprint density at radius 1 is 1.13 bits per heavy atom. The normalized spacial score (nSPS) is 13.1. The van der Waals surface area contributed by atoms with E-state index in [2.05, 4.69) is 15.3 Å². The Labute approximate surface area is 181 Å². The summed E-state index contributed by atoms with van der Waals surface area (Å²) in [5, 5.41) is 4.31. The molecule has 3 rings (SSSR count). The molecule has 30 heavy (non-hydrogen) atoms. The van der Waals surface area contributed by atoms with Crippen molar-refractivity contribution < 1.29 is 8.42 Å². The van der Waals surface area contributed by atoms with Gasteiger partial charge in [-0.3, -0.25) is 4.79 Å². The van der Waals surface area contributed by atoms with Crippen LogP contribution in [0.4, 0.5) is 0 Å². The molecule has 0 saturated carbocycles. The fourth-order valence-electron chi connectivity index (χ4n) is 3.25. The lowest BCUT2D eigenvalue weighted by molar-refractivity contribution is 0.445. The Balaban J connectivity index is 1.73. The zero-order valence-corrected chi connectivity index (χ0v) is 18.7. The van der Waals surface area contributed by atoms with Crippen molar-refractivity contribution in [2.45, 2.75) is 38.3 Å². The fourth-order valence-corrected chi connectivity index (χ4v) is 4.88. The summed E-state index contributed by atoms with van der Waals surface area (Å²) >= 11 is 6.00. The van der Waals surface area contributed by atoms with Gasteiger partial charge in [0.2, 0.25) is 10.0 Å². The van der Waals surface area contributed by atoms with Crippen LogP contribution in [0.1, 0.15) is 38.2 Å². The van der Waals surface area contributed by atoms with E-state index in [1.54, 1.807) is 42.5 Å². The maximum atomic E-state index is 12.6. The zero-order chi connectivity index (χ0) is 21.9. The molecular weight excluding hydrogens is 424 g/mol. The van der Waals surface area contributed by atoms with Gasteiger partial charge >= 0.3 is 0 Å². The van der Waals surface area contributed by atoms with Crippen molar-refractivity contribution in [3.63, 3.8) is 0 Å². The highest BCUT2D eigenvalue weighted by atomic mass is 35.5. The number of fused-ring (bicyclic) bond motifs is 1. The van der Waals surface area contributed by atoms with Crippen LogP contribution in [0, 0.1) is 0 Å². The highest BCUT2D eigenvalue weighted by Crippen LogP contribution is 2.20. The van der Waals surface area contributed by atoms with Crippen LogP contribution in [0.3, 0.4) is 0 Å². The first kappa shape index (κ1) is 22.4. The van der Waals surface area contributed by atoms with Gasteiger partial charge in [0, 0.05) is 24.2 Å². The molecule has 160 valence electrons. The van der Waals surface area contributed by atoms with Gasteiger partial charge in [0.15, 0.2) is 0 Å². The standard InChI is InChI=1S/C21H25ClN4O3S/c1-4-26(5-2)30(28,29)17-9-6-15(7-10-17)14(3)23-13-20-24-19-12-16(22)8-11-18(19)21(27)25-20/h6-12,14,23H,4-5,13H2,1-3H3,(H,24,25,27). The van der Waals surface area contributed by atoms with Gasteiger partial charge in [-0.2, -0.15) is 4.31 Å². The minimum Gasteiger partial charge on any atom is -0.309 e. The molecule has 0 bridgehead atoms. The van der Waals surface area contributed by atoms with Crippen LogP contribution in [0.2, 0.25) is 5.02 Å². The molecule has 3 aromatic rings. The maximum absolute atomic E-state index is 12.6. The summed E-state index contributed by atoms with van der Waals surface area (Å²) in [5.41, 5.74) is 1.26. The first-order valence-corrected chi connectivity index (χ1v) is 11.6. The lowest BCUT2D eigenvalue weighted by Crippen LogP contribution is -2.30. The van der Waals surface area contributed by atoms with E-state index < -0.39 is 10.0 Å². The van der Waals surface area contributed by atoms with Crippen LogP contribution in [-0.2, 0) is 16.6 Å². The number of hydrogen-bond donors (Lipinski definition) is 2. The first-order chi connectivity index (χ1) is 14.3. The topological polar surface area (TPSA) is 95.2 Å². The molecule has 0 spiro atoms. The number of rotatable bonds is 8. The predicted molar refractivity (Wildman–Crippen MR) is 119 cm³/mol. The largest absolute Gasteiger partial charge is 0.309 e. The zero-order valence-electron chi connectivity index (χ0n) is 17.1. The molecule has 0 aliphatic carbocycles. The molecule has 1 heterocycles. The molecule has 1 atom stereocenters. The maximum Gasteiger partial charge on any atom is 0.258 e. The van der Waals surface area contributed by atoms with Gasteiger partial charge in [-0.1, -0.05) is 37.6 Å². The molecule has 1 aromatic heterocycles. The van der Waals surface area contributed by atoms with Crippen molar-refractivity contribution in [1.82, 2.24) is 19.6 Å². The van der Waals surface area contributed by atoms with Crippen molar-refractivity contribution in [1.29, 1.82) is 0 Å². The average molecular weight is 449 g/mol. The predicted octanol–water partition coefficient (Wildman–Crippen LogP) is 3.46. The molecule has 2 N–H and O–H groups in total. The second kappa shape index (κ2) is 9.26. The summed E-state index contributed by atoms with van der Waals surface area (Å²) < 4.78 is 26.6. The number of nitrogens with zero attached hydrogens (tertiary/aromatic N) is 2. The fraction of sp³-hybridized carbons (Fsp3) is 0.333. The molecular formula is C21H25ClN4O3S. The van der Waals surface area contributed by atoms with E-state index in [1.807, 2.05) is 20.8 Å². The van der Waals surface area contributed by atoms with Crippen LogP contribution in [-0.4, -0.2) is 35.8 Å². The van der Waals surface area contributed by atoms with Gasteiger partial charge in [-0.25, -0.2) is 13.4 Å². The monoisotopic (exact) mass is 448 g/mol. The van der Waals surface area contributed by atoms with Gasteiger partial charge in [-0.05, 0) is 42.8 Å².